The molecule has 3 N–H and O–H groups in total. The quantitative estimate of drug-likeness (QED) is 0.375. The van der Waals surface area contributed by atoms with Crippen molar-refractivity contribution in [1.82, 2.24) is 21.6 Å². The molecule has 0 aromatic rings. The molecular weight excluding hydrogens is 258 g/mol. The van der Waals surface area contributed by atoms with Crippen LogP contribution < -0.4 is 16.5 Å². The van der Waals surface area contributed by atoms with Crippen molar-refractivity contribution in [3.63, 3.8) is 0 Å². The molecule has 1 unspecified atom stereocenters. The summed E-state index contributed by atoms with van der Waals surface area (Å²) in [5.41, 5.74) is 10.5. The topological polar surface area (TPSA) is 82.5 Å². The molecule has 0 saturated carbocycles. The summed E-state index contributed by atoms with van der Waals surface area (Å²) in [7, 11) is 0. The first kappa shape index (κ1) is 16.6. The first-order chi connectivity index (χ1) is 9.47. The average Bonchev–Trinajstić information content (AvgIpc) is 2.35. The smallest absolute Gasteiger partial charge is 0.175 e. The van der Waals surface area contributed by atoms with Crippen LogP contribution in [0.5, 0.6) is 0 Å². The van der Waals surface area contributed by atoms with E-state index in [1.807, 2.05) is 0 Å². The van der Waals surface area contributed by atoms with Crippen LogP contribution in [0.2, 0.25) is 0 Å². The van der Waals surface area contributed by atoms with Crippen LogP contribution in [0.15, 0.2) is 23.3 Å². The van der Waals surface area contributed by atoms with Crippen molar-refractivity contribution in [3.05, 3.63) is 33.4 Å². The summed E-state index contributed by atoms with van der Waals surface area (Å²) >= 11 is 0. The van der Waals surface area contributed by atoms with Gasteiger partial charge < -0.3 is 0 Å². The Hall–Kier alpha value is -1.44. The molecule has 1 fully saturated rings. The lowest BCUT2D eigenvalue weighted by Gasteiger charge is -2.30. The Balaban J connectivity index is 2.32. The lowest BCUT2D eigenvalue weighted by Crippen LogP contribution is -2.62. The van der Waals surface area contributed by atoms with Crippen LogP contribution in [0.1, 0.15) is 40.0 Å². The van der Waals surface area contributed by atoms with Gasteiger partial charge in [-0.1, -0.05) is 28.4 Å². The third-order valence-electron chi connectivity index (χ3n) is 3.14. The fourth-order valence-corrected chi connectivity index (χ4v) is 2.03. The van der Waals surface area contributed by atoms with Crippen LogP contribution in [-0.2, 0) is 0 Å². The van der Waals surface area contributed by atoms with E-state index in [0.717, 1.165) is 25.8 Å². The van der Waals surface area contributed by atoms with Crippen LogP contribution in [0.3, 0.4) is 0 Å². The zero-order valence-electron chi connectivity index (χ0n) is 12.5. The number of hydrogen-bond acceptors (Lipinski definition) is 5. The summed E-state index contributed by atoms with van der Waals surface area (Å²) in [5, 5.41) is 11.2. The van der Waals surface area contributed by atoms with Gasteiger partial charge in [0.2, 0.25) is 0 Å². The number of rotatable bonds is 7. The Morgan fingerprint density at radius 1 is 1.45 bits per heavy atom. The Bertz CT molecular complexity index is 377. The highest BCUT2D eigenvalue weighted by Gasteiger charge is 2.20. The van der Waals surface area contributed by atoms with Crippen molar-refractivity contribution >= 4 is 0 Å². The van der Waals surface area contributed by atoms with Crippen molar-refractivity contribution in [2.75, 3.05) is 13.1 Å². The summed E-state index contributed by atoms with van der Waals surface area (Å²) in [4.78, 5) is 10.4. The molecule has 0 aromatic heterocycles. The van der Waals surface area contributed by atoms with Gasteiger partial charge in [0.15, 0.2) is 5.03 Å². The highest BCUT2D eigenvalue weighted by Crippen LogP contribution is 2.12. The molecule has 1 saturated heterocycles. The third-order valence-corrected chi connectivity index (χ3v) is 3.14. The van der Waals surface area contributed by atoms with Gasteiger partial charge in [0, 0.05) is 13.1 Å². The molecular formula is C13H25N5O2. The molecule has 0 radical (unpaired) electrons. The second kappa shape index (κ2) is 8.68. The molecule has 7 heteroatoms. The van der Waals surface area contributed by atoms with E-state index >= 15 is 0 Å². The Morgan fingerprint density at radius 3 is 2.85 bits per heavy atom. The lowest BCUT2D eigenvalue weighted by molar-refractivity contribution is -0.584. The monoisotopic (exact) mass is 283 g/mol. The molecule has 1 heterocycles. The number of allylic oxidation sites excluding steroid dienone is 4. The van der Waals surface area contributed by atoms with Gasteiger partial charge in [-0.2, -0.15) is 5.53 Å². The van der Waals surface area contributed by atoms with E-state index in [1.165, 1.54) is 16.3 Å². The molecule has 0 aliphatic carbocycles. The van der Waals surface area contributed by atoms with Gasteiger partial charge >= 0.3 is 0 Å². The molecule has 0 bridgehead atoms. The maximum absolute atomic E-state index is 10.4. The van der Waals surface area contributed by atoms with E-state index in [0.29, 0.717) is 12.5 Å². The molecule has 114 valence electrons. The van der Waals surface area contributed by atoms with E-state index in [4.69, 9.17) is 0 Å². The van der Waals surface area contributed by atoms with E-state index in [1.54, 1.807) is 0 Å². The second-order valence-electron chi connectivity index (χ2n) is 5.43. The standard InChI is InChI=1S/C13H25N5O2/c1-11(2)5-4-6-12(3)7-8-13-9-14-15-17(10-13)16-18(19)20/h5,7,13-16H,4,6,8-10H2,1-3H3/b12-7+. The summed E-state index contributed by atoms with van der Waals surface area (Å²) in [5.74, 6) is 0.349. The van der Waals surface area contributed by atoms with Crippen molar-refractivity contribution in [1.29, 1.82) is 0 Å². The lowest BCUT2D eigenvalue weighted by atomic mass is 10.0. The fourth-order valence-electron chi connectivity index (χ4n) is 2.03. The SMILES string of the molecule is CC(C)=CCC/C(C)=C/CC1CNNN(N[N+](=O)[O-])C1. The van der Waals surface area contributed by atoms with E-state index in [-0.39, 0.29) is 0 Å². The Kier molecular flexibility index (Phi) is 7.21. The van der Waals surface area contributed by atoms with Crippen LogP contribution in [0.4, 0.5) is 0 Å². The molecule has 0 spiro atoms. The van der Waals surface area contributed by atoms with E-state index in [2.05, 4.69) is 49.4 Å². The molecule has 1 atom stereocenters. The predicted octanol–water partition coefficient (Wildman–Crippen LogP) is 1.71. The molecule has 1 aliphatic heterocycles. The number of hydrogen-bond donors (Lipinski definition) is 3. The highest BCUT2D eigenvalue weighted by atomic mass is 16.7. The molecule has 1 rings (SSSR count). The van der Waals surface area contributed by atoms with Gasteiger partial charge in [-0.05, 0) is 51.5 Å². The predicted molar refractivity (Wildman–Crippen MR) is 78.5 cm³/mol. The zero-order chi connectivity index (χ0) is 15.0. The van der Waals surface area contributed by atoms with Crippen LogP contribution >= 0.6 is 0 Å². The summed E-state index contributed by atoms with van der Waals surface area (Å²) < 4.78 is 0. The minimum absolute atomic E-state index is 0.349. The molecule has 20 heavy (non-hydrogen) atoms. The van der Waals surface area contributed by atoms with Gasteiger partial charge in [-0.25, -0.2) is 15.5 Å². The molecule has 0 aromatic carbocycles. The normalized spacial score (nSPS) is 20.6. The number of nitro groups is 1. The van der Waals surface area contributed by atoms with Crippen LogP contribution in [-0.4, -0.2) is 23.2 Å². The number of nitrogens with one attached hydrogen (secondary N) is 3. The maximum Gasteiger partial charge on any atom is 0.175 e. The minimum Gasteiger partial charge on any atom is -0.242 e. The Morgan fingerprint density at radius 2 is 2.20 bits per heavy atom. The fraction of sp³-hybridized carbons (Fsp3) is 0.692. The first-order valence-electron chi connectivity index (χ1n) is 6.93. The molecule has 0 amide bonds. The van der Waals surface area contributed by atoms with Gasteiger partial charge in [0.1, 0.15) is 0 Å². The third kappa shape index (κ3) is 7.22. The van der Waals surface area contributed by atoms with Crippen molar-refractivity contribution in [3.8, 4) is 0 Å². The zero-order valence-corrected chi connectivity index (χ0v) is 12.5. The molecule has 7 nitrogen and oxygen atoms in total. The second-order valence-corrected chi connectivity index (χ2v) is 5.43. The van der Waals surface area contributed by atoms with Crippen LogP contribution in [0.25, 0.3) is 0 Å². The summed E-state index contributed by atoms with van der Waals surface area (Å²) in [6.07, 6.45) is 7.54. The average molecular weight is 283 g/mol. The Labute approximate surface area is 120 Å². The van der Waals surface area contributed by atoms with Gasteiger partial charge in [0.05, 0.1) is 0 Å². The van der Waals surface area contributed by atoms with Gasteiger partial charge in [0.25, 0.3) is 0 Å². The summed E-state index contributed by atoms with van der Waals surface area (Å²) in [6.45, 7) is 7.74. The van der Waals surface area contributed by atoms with Crippen molar-refractivity contribution < 1.29 is 5.03 Å². The largest absolute Gasteiger partial charge is 0.242 e. The highest BCUT2D eigenvalue weighted by molar-refractivity contribution is 5.02. The van der Waals surface area contributed by atoms with Gasteiger partial charge in [-0.15, -0.1) is 0 Å². The van der Waals surface area contributed by atoms with Crippen molar-refractivity contribution in [2.24, 2.45) is 5.92 Å². The maximum atomic E-state index is 10.4. The van der Waals surface area contributed by atoms with Crippen molar-refractivity contribution in [2.45, 2.75) is 40.0 Å². The van der Waals surface area contributed by atoms with E-state index < -0.39 is 5.03 Å². The first-order valence-corrected chi connectivity index (χ1v) is 6.93. The molecule has 1 aliphatic rings. The minimum atomic E-state index is -0.572. The van der Waals surface area contributed by atoms with Crippen LogP contribution in [0, 0.1) is 16.0 Å². The van der Waals surface area contributed by atoms with E-state index in [9.17, 15) is 10.1 Å². The number of nitrogens with zero attached hydrogens (tertiary/aromatic N) is 2. The number of hydrazine groups is 4. The van der Waals surface area contributed by atoms with Gasteiger partial charge in [-0.3, -0.25) is 0 Å². The summed E-state index contributed by atoms with van der Waals surface area (Å²) in [6, 6.07) is 0.